The van der Waals surface area contributed by atoms with Crippen LogP contribution in [0.1, 0.15) is 12.8 Å². The molecule has 1 saturated heterocycles. The van der Waals surface area contributed by atoms with Crippen LogP contribution >= 0.6 is 0 Å². The fourth-order valence-electron chi connectivity index (χ4n) is 3.00. The summed E-state index contributed by atoms with van der Waals surface area (Å²) in [5.74, 6) is 1.81. The average Bonchev–Trinajstić information content (AvgIpc) is 2.69. The minimum absolute atomic E-state index is 0.0172. The van der Waals surface area contributed by atoms with Gasteiger partial charge < -0.3 is 19.7 Å². The minimum atomic E-state index is -0.0606. The Bertz CT molecular complexity index is 693. The van der Waals surface area contributed by atoms with Gasteiger partial charge in [-0.2, -0.15) is 0 Å². The van der Waals surface area contributed by atoms with Crippen LogP contribution in [0.3, 0.4) is 0 Å². The smallest absolute Gasteiger partial charge is 0.227 e. The van der Waals surface area contributed by atoms with Gasteiger partial charge in [-0.05, 0) is 31.0 Å². The molecule has 0 bridgehead atoms. The van der Waals surface area contributed by atoms with E-state index in [0.29, 0.717) is 23.1 Å². The summed E-state index contributed by atoms with van der Waals surface area (Å²) in [6.07, 6.45) is 4.97. The first kappa shape index (κ1) is 17.0. The number of rotatable bonds is 5. The number of para-hydroxylation sites is 1. The number of benzene rings is 1. The van der Waals surface area contributed by atoms with E-state index in [4.69, 9.17) is 9.47 Å². The van der Waals surface area contributed by atoms with Crippen molar-refractivity contribution in [3.8, 4) is 11.5 Å². The second-order valence-corrected chi connectivity index (χ2v) is 5.84. The third-order valence-corrected chi connectivity index (χ3v) is 4.38. The van der Waals surface area contributed by atoms with Crippen molar-refractivity contribution >= 4 is 17.5 Å². The lowest BCUT2D eigenvalue weighted by Gasteiger charge is -2.31. The zero-order chi connectivity index (χ0) is 17.6. The largest absolute Gasteiger partial charge is 0.494 e. The predicted octanol–water partition coefficient (Wildman–Crippen LogP) is 2.35. The van der Waals surface area contributed by atoms with Gasteiger partial charge in [0.15, 0.2) is 0 Å². The van der Waals surface area contributed by atoms with Crippen molar-refractivity contribution in [2.75, 3.05) is 37.5 Å². The molecular weight excluding hydrogens is 320 g/mol. The number of hydrogen-bond donors (Lipinski definition) is 1. The molecule has 1 amide bonds. The van der Waals surface area contributed by atoms with Gasteiger partial charge in [-0.25, -0.2) is 9.97 Å². The molecule has 1 N–H and O–H groups in total. The van der Waals surface area contributed by atoms with Crippen LogP contribution in [0.5, 0.6) is 11.5 Å². The van der Waals surface area contributed by atoms with E-state index in [2.05, 4.69) is 20.2 Å². The Morgan fingerprint density at radius 2 is 1.68 bits per heavy atom. The van der Waals surface area contributed by atoms with Crippen LogP contribution in [0, 0.1) is 5.92 Å². The molecule has 0 aliphatic carbocycles. The number of hydrogen-bond acceptors (Lipinski definition) is 6. The third-order valence-electron chi connectivity index (χ3n) is 4.38. The van der Waals surface area contributed by atoms with Gasteiger partial charge in [-0.1, -0.05) is 6.07 Å². The van der Waals surface area contributed by atoms with E-state index in [-0.39, 0.29) is 11.8 Å². The summed E-state index contributed by atoms with van der Waals surface area (Å²) in [6, 6.07) is 7.22. The fourth-order valence-corrected chi connectivity index (χ4v) is 3.00. The quantitative estimate of drug-likeness (QED) is 0.899. The number of methoxy groups -OCH3 is 2. The van der Waals surface area contributed by atoms with Gasteiger partial charge >= 0.3 is 0 Å². The normalized spacial score (nSPS) is 14.9. The lowest BCUT2D eigenvalue weighted by atomic mass is 9.96. The first-order valence-electron chi connectivity index (χ1n) is 8.26. The molecule has 1 fully saturated rings. The van der Waals surface area contributed by atoms with Gasteiger partial charge in [-0.15, -0.1) is 0 Å². The van der Waals surface area contributed by atoms with Gasteiger partial charge in [0.2, 0.25) is 11.9 Å². The maximum atomic E-state index is 12.7. The molecule has 7 nitrogen and oxygen atoms in total. The SMILES string of the molecule is COc1cccc(OC)c1NC(=O)C1CCN(c2ncccn2)CC1. The van der Waals surface area contributed by atoms with Crippen molar-refractivity contribution in [3.63, 3.8) is 0 Å². The molecule has 1 aromatic heterocycles. The highest BCUT2D eigenvalue weighted by Crippen LogP contribution is 2.35. The number of piperidine rings is 1. The average molecular weight is 342 g/mol. The number of nitrogens with zero attached hydrogens (tertiary/aromatic N) is 3. The number of ether oxygens (including phenoxy) is 2. The zero-order valence-corrected chi connectivity index (χ0v) is 14.4. The summed E-state index contributed by atoms with van der Waals surface area (Å²) in [7, 11) is 3.14. The Labute approximate surface area is 147 Å². The van der Waals surface area contributed by atoms with Crippen LogP contribution in [0.2, 0.25) is 0 Å². The summed E-state index contributed by atoms with van der Waals surface area (Å²) >= 11 is 0. The Morgan fingerprint density at radius 3 is 2.24 bits per heavy atom. The maximum absolute atomic E-state index is 12.7. The number of carbonyl (C=O) groups is 1. The van der Waals surface area contributed by atoms with E-state index in [9.17, 15) is 4.79 Å². The topological polar surface area (TPSA) is 76.6 Å². The van der Waals surface area contributed by atoms with Gasteiger partial charge in [0.25, 0.3) is 0 Å². The second kappa shape index (κ2) is 7.83. The van der Waals surface area contributed by atoms with E-state index in [1.165, 1.54) is 0 Å². The van der Waals surface area contributed by atoms with E-state index in [1.807, 2.05) is 6.07 Å². The van der Waals surface area contributed by atoms with Crippen molar-refractivity contribution in [2.24, 2.45) is 5.92 Å². The predicted molar refractivity (Wildman–Crippen MR) is 95.1 cm³/mol. The van der Waals surface area contributed by atoms with Crippen molar-refractivity contribution in [1.29, 1.82) is 0 Å². The second-order valence-electron chi connectivity index (χ2n) is 5.84. The zero-order valence-electron chi connectivity index (χ0n) is 14.4. The molecule has 1 aromatic carbocycles. The monoisotopic (exact) mass is 342 g/mol. The Kier molecular flexibility index (Phi) is 5.33. The third kappa shape index (κ3) is 3.81. The molecular formula is C18H22N4O3. The molecule has 25 heavy (non-hydrogen) atoms. The molecule has 132 valence electrons. The molecule has 7 heteroatoms. The molecule has 1 aliphatic rings. The van der Waals surface area contributed by atoms with Crippen LogP contribution < -0.4 is 19.7 Å². The minimum Gasteiger partial charge on any atom is -0.494 e. The molecule has 0 atom stereocenters. The molecule has 3 rings (SSSR count). The van der Waals surface area contributed by atoms with Crippen molar-refractivity contribution in [2.45, 2.75) is 12.8 Å². The van der Waals surface area contributed by atoms with Crippen LogP contribution in [0.4, 0.5) is 11.6 Å². The van der Waals surface area contributed by atoms with Gasteiger partial charge in [0, 0.05) is 31.4 Å². The lowest BCUT2D eigenvalue weighted by Crippen LogP contribution is -2.39. The van der Waals surface area contributed by atoms with E-state index < -0.39 is 0 Å². The molecule has 1 aliphatic heterocycles. The highest BCUT2D eigenvalue weighted by molar-refractivity contribution is 5.95. The van der Waals surface area contributed by atoms with E-state index in [1.54, 1.807) is 44.8 Å². The summed E-state index contributed by atoms with van der Waals surface area (Å²) in [4.78, 5) is 23.3. The molecule has 0 radical (unpaired) electrons. The highest BCUT2D eigenvalue weighted by atomic mass is 16.5. The molecule has 2 aromatic rings. The Morgan fingerprint density at radius 1 is 1.08 bits per heavy atom. The molecule has 0 saturated carbocycles. The summed E-state index contributed by atoms with van der Waals surface area (Å²) in [5, 5.41) is 2.97. The van der Waals surface area contributed by atoms with Gasteiger partial charge in [0.05, 0.1) is 14.2 Å². The lowest BCUT2D eigenvalue weighted by molar-refractivity contribution is -0.120. The Hall–Kier alpha value is -2.83. The van der Waals surface area contributed by atoms with Crippen LogP contribution in [0.25, 0.3) is 0 Å². The number of carbonyl (C=O) groups excluding carboxylic acids is 1. The van der Waals surface area contributed by atoms with Crippen LogP contribution in [-0.4, -0.2) is 43.2 Å². The number of aromatic nitrogens is 2. The molecule has 0 spiro atoms. The summed E-state index contributed by atoms with van der Waals surface area (Å²) in [6.45, 7) is 1.51. The first-order chi connectivity index (χ1) is 12.2. The highest BCUT2D eigenvalue weighted by Gasteiger charge is 2.27. The van der Waals surface area contributed by atoms with Crippen molar-refractivity contribution in [1.82, 2.24) is 9.97 Å². The maximum Gasteiger partial charge on any atom is 0.227 e. The molecule has 0 unspecified atom stereocenters. The van der Waals surface area contributed by atoms with Gasteiger partial charge in [0.1, 0.15) is 17.2 Å². The van der Waals surface area contributed by atoms with Crippen molar-refractivity contribution in [3.05, 3.63) is 36.7 Å². The summed E-state index contributed by atoms with van der Waals surface area (Å²) in [5.41, 5.74) is 0.575. The standard InChI is InChI=1S/C18H22N4O3/c1-24-14-5-3-6-15(25-2)16(14)21-17(23)13-7-11-22(12-8-13)18-19-9-4-10-20-18/h3-6,9-10,13H,7-8,11-12H2,1-2H3,(H,21,23). The molecule has 2 heterocycles. The number of nitrogens with one attached hydrogen (secondary N) is 1. The van der Waals surface area contributed by atoms with Crippen molar-refractivity contribution < 1.29 is 14.3 Å². The van der Waals surface area contributed by atoms with E-state index in [0.717, 1.165) is 25.9 Å². The summed E-state index contributed by atoms with van der Waals surface area (Å²) < 4.78 is 10.7. The van der Waals surface area contributed by atoms with Crippen LogP contribution in [-0.2, 0) is 4.79 Å². The first-order valence-corrected chi connectivity index (χ1v) is 8.26. The fraction of sp³-hybridized carbons (Fsp3) is 0.389. The number of anilines is 2. The van der Waals surface area contributed by atoms with Gasteiger partial charge in [-0.3, -0.25) is 4.79 Å². The van der Waals surface area contributed by atoms with E-state index >= 15 is 0 Å². The number of amides is 1. The van der Waals surface area contributed by atoms with Crippen LogP contribution in [0.15, 0.2) is 36.7 Å². The Balaban J connectivity index is 1.64.